The Kier molecular flexibility index (Phi) is 7.48. The molecule has 1 aliphatic heterocycles. The zero-order chi connectivity index (χ0) is 26.8. The van der Waals surface area contributed by atoms with Gasteiger partial charge in [-0.05, 0) is 73.9 Å². The first-order valence-electron chi connectivity index (χ1n) is 13.6. The highest BCUT2D eigenvalue weighted by molar-refractivity contribution is 6.30. The summed E-state index contributed by atoms with van der Waals surface area (Å²) in [6.45, 7) is 1.42. The van der Waals surface area contributed by atoms with Gasteiger partial charge in [0.2, 0.25) is 5.88 Å². The quantitative estimate of drug-likeness (QED) is 0.286. The summed E-state index contributed by atoms with van der Waals surface area (Å²) in [4.78, 5) is 25.5. The Hall–Kier alpha value is -3.49. The lowest BCUT2D eigenvalue weighted by molar-refractivity contribution is -0.0591. The molecule has 9 heteroatoms. The first-order valence-corrected chi connectivity index (χ1v) is 14.0. The molecule has 1 saturated heterocycles. The molecule has 8 nitrogen and oxygen atoms in total. The predicted octanol–water partition coefficient (Wildman–Crippen LogP) is 5.74. The van der Waals surface area contributed by atoms with Gasteiger partial charge in [0.05, 0.1) is 12.6 Å². The molecule has 1 N–H and O–H groups in total. The molecule has 1 aromatic carbocycles. The summed E-state index contributed by atoms with van der Waals surface area (Å²) in [5.74, 6) is 1.07. The third-order valence-electron chi connectivity index (χ3n) is 7.70. The van der Waals surface area contributed by atoms with Gasteiger partial charge in [-0.1, -0.05) is 29.8 Å². The molecular formula is C30H31ClN4O4. The normalized spacial score (nSPS) is 21.0. The van der Waals surface area contributed by atoms with E-state index in [1.807, 2.05) is 42.5 Å². The van der Waals surface area contributed by atoms with Crippen molar-refractivity contribution in [1.82, 2.24) is 19.5 Å². The van der Waals surface area contributed by atoms with Gasteiger partial charge in [-0.3, -0.25) is 0 Å². The van der Waals surface area contributed by atoms with Crippen molar-refractivity contribution in [1.29, 1.82) is 0 Å². The third-order valence-corrected chi connectivity index (χ3v) is 7.95. The second kappa shape index (κ2) is 11.3. The number of carboxylic acid groups (broad SMARTS) is 1. The summed E-state index contributed by atoms with van der Waals surface area (Å²) >= 11 is 6.01. The molecule has 1 aliphatic carbocycles. The average molecular weight is 547 g/mol. The maximum Gasteiger partial charge on any atom is 0.354 e. The standard InChI is InChI=1S/C30H31ClN4O4/c31-21-8-4-19(5-9-21)16-22-2-1-3-28(32-22)39-23-10-6-20(7-11-23)17-27-33-25-12-13-26(30(36)37)34-29(25)35(27)18-24-14-15-38-24/h1-5,8-9,12-13,20,23-24H,6-7,10-11,14-18H2,(H,36,37)/t20-,23-,24-/m0/s1. The molecule has 202 valence electrons. The Morgan fingerprint density at radius 1 is 1.00 bits per heavy atom. The second-order valence-electron chi connectivity index (χ2n) is 10.5. The number of aromatic nitrogens is 4. The van der Waals surface area contributed by atoms with E-state index in [0.29, 0.717) is 24.0 Å². The first kappa shape index (κ1) is 25.8. The van der Waals surface area contributed by atoms with Crippen LogP contribution in [0, 0.1) is 5.92 Å². The Morgan fingerprint density at radius 3 is 2.51 bits per heavy atom. The van der Waals surface area contributed by atoms with E-state index < -0.39 is 5.97 Å². The number of ether oxygens (including phenoxy) is 2. The number of fused-ring (bicyclic) bond motifs is 1. The minimum atomic E-state index is -1.03. The summed E-state index contributed by atoms with van der Waals surface area (Å²) in [6.07, 6.45) is 6.81. The monoisotopic (exact) mass is 546 g/mol. The van der Waals surface area contributed by atoms with Gasteiger partial charge < -0.3 is 19.1 Å². The molecule has 2 fully saturated rings. The highest BCUT2D eigenvalue weighted by Crippen LogP contribution is 2.31. The van der Waals surface area contributed by atoms with Crippen molar-refractivity contribution in [3.63, 3.8) is 0 Å². The molecule has 6 rings (SSSR count). The van der Waals surface area contributed by atoms with E-state index in [9.17, 15) is 9.90 Å². The highest BCUT2D eigenvalue weighted by Gasteiger charge is 2.27. The summed E-state index contributed by atoms with van der Waals surface area (Å²) in [5, 5.41) is 10.2. The lowest BCUT2D eigenvalue weighted by atomic mass is 9.85. The van der Waals surface area contributed by atoms with E-state index in [2.05, 4.69) is 9.55 Å². The van der Waals surface area contributed by atoms with Crippen molar-refractivity contribution in [3.05, 3.63) is 82.4 Å². The maximum atomic E-state index is 11.5. The van der Waals surface area contributed by atoms with Crippen LogP contribution in [-0.2, 0) is 24.1 Å². The minimum Gasteiger partial charge on any atom is -0.477 e. The molecule has 3 aromatic heterocycles. The minimum absolute atomic E-state index is 0.0354. The van der Waals surface area contributed by atoms with E-state index in [1.54, 1.807) is 6.07 Å². The van der Waals surface area contributed by atoms with Gasteiger partial charge in [-0.15, -0.1) is 0 Å². The largest absolute Gasteiger partial charge is 0.477 e. The molecule has 4 heterocycles. The zero-order valence-electron chi connectivity index (χ0n) is 21.6. The van der Waals surface area contributed by atoms with Gasteiger partial charge in [0, 0.05) is 36.2 Å². The van der Waals surface area contributed by atoms with Crippen LogP contribution in [-0.4, -0.2) is 49.4 Å². The number of aromatic carboxylic acids is 1. The van der Waals surface area contributed by atoms with Gasteiger partial charge in [0.25, 0.3) is 0 Å². The van der Waals surface area contributed by atoms with E-state index in [1.165, 1.54) is 6.07 Å². The molecule has 39 heavy (non-hydrogen) atoms. The number of pyridine rings is 2. The predicted molar refractivity (Wildman–Crippen MR) is 147 cm³/mol. The molecule has 0 radical (unpaired) electrons. The zero-order valence-corrected chi connectivity index (χ0v) is 22.4. The Balaban J connectivity index is 1.09. The van der Waals surface area contributed by atoms with Crippen molar-refractivity contribution in [2.45, 2.75) is 63.7 Å². The number of benzene rings is 1. The number of halogens is 1. The molecule has 2 aliphatic rings. The van der Waals surface area contributed by atoms with Gasteiger partial charge in [-0.2, -0.15) is 0 Å². The van der Waals surface area contributed by atoms with Crippen LogP contribution in [0.1, 0.15) is 59.7 Å². The van der Waals surface area contributed by atoms with Gasteiger partial charge >= 0.3 is 5.97 Å². The van der Waals surface area contributed by atoms with Gasteiger partial charge in [0.1, 0.15) is 17.4 Å². The summed E-state index contributed by atoms with van der Waals surface area (Å²) in [6, 6.07) is 17.1. The molecular weight excluding hydrogens is 516 g/mol. The van der Waals surface area contributed by atoms with E-state index in [4.69, 9.17) is 31.0 Å². The van der Waals surface area contributed by atoms with Crippen LogP contribution in [0.25, 0.3) is 11.2 Å². The maximum absolute atomic E-state index is 11.5. The van der Waals surface area contributed by atoms with Crippen molar-refractivity contribution in [2.24, 2.45) is 5.92 Å². The smallest absolute Gasteiger partial charge is 0.354 e. The van der Waals surface area contributed by atoms with Crippen LogP contribution < -0.4 is 4.74 Å². The van der Waals surface area contributed by atoms with E-state index in [0.717, 1.165) is 79.2 Å². The fourth-order valence-electron chi connectivity index (χ4n) is 5.46. The number of carbonyl (C=O) groups is 1. The number of hydrogen-bond donors (Lipinski definition) is 1. The second-order valence-corrected chi connectivity index (χ2v) is 10.9. The molecule has 1 saturated carbocycles. The SMILES string of the molecule is O=C(O)c1ccc2nc(C[C@H]3CC[C@H](Oc4cccc(Cc5ccc(Cl)cc5)n4)CC3)n(C[C@@H]3CCO3)c2n1. The molecule has 0 unspecified atom stereocenters. The van der Waals surface area contributed by atoms with Crippen molar-refractivity contribution < 1.29 is 19.4 Å². The average Bonchev–Trinajstić information content (AvgIpc) is 3.25. The summed E-state index contributed by atoms with van der Waals surface area (Å²) < 4.78 is 14.0. The number of hydrogen-bond acceptors (Lipinski definition) is 6. The van der Waals surface area contributed by atoms with Crippen LogP contribution >= 0.6 is 11.6 Å². The summed E-state index contributed by atoms with van der Waals surface area (Å²) in [5.41, 5.74) is 3.53. The van der Waals surface area contributed by atoms with Crippen molar-refractivity contribution in [3.8, 4) is 5.88 Å². The molecule has 1 atom stereocenters. The van der Waals surface area contributed by atoms with Gasteiger partial charge in [0.15, 0.2) is 11.3 Å². The van der Waals surface area contributed by atoms with Gasteiger partial charge in [-0.25, -0.2) is 19.7 Å². The molecule has 0 bridgehead atoms. The molecule has 4 aromatic rings. The third kappa shape index (κ3) is 6.07. The topological polar surface area (TPSA) is 99.4 Å². The Morgan fingerprint density at radius 2 is 1.79 bits per heavy atom. The van der Waals surface area contributed by atoms with Crippen LogP contribution in [0.2, 0.25) is 5.02 Å². The lowest BCUT2D eigenvalue weighted by Crippen LogP contribution is -2.32. The van der Waals surface area contributed by atoms with E-state index >= 15 is 0 Å². The number of imidazole rings is 1. The first-order chi connectivity index (χ1) is 19.0. The van der Waals surface area contributed by atoms with Crippen LogP contribution in [0.5, 0.6) is 5.88 Å². The van der Waals surface area contributed by atoms with Crippen LogP contribution in [0.15, 0.2) is 54.6 Å². The lowest BCUT2D eigenvalue weighted by Gasteiger charge is -2.30. The van der Waals surface area contributed by atoms with E-state index in [-0.39, 0.29) is 17.9 Å². The fourth-order valence-corrected chi connectivity index (χ4v) is 5.59. The van der Waals surface area contributed by atoms with Crippen LogP contribution in [0.4, 0.5) is 0 Å². The summed E-state index contributed by atoms with van der Waals surface area (Å²) in [7, 11) is 0. The fraction of sp³-hybridized carbons (Fsp3) is 0.400. The van der Waals surface area contributed by atoms with Crippen molar-refractivity contribution >= 4 is 28.7 Å². The van der Waals surface area contributed by atoms with Crippen molar-refractivity contribution in [2.75, 3.05) is 6.61 Å². The Bertz CT molecular complexity index is 1460. The number of nitrogens with zero attached hydrogens (tertiary/aromatic N) is 4. The Labute approximate surface area is 232 Å². The highest BCUT2D eigenvalue weighted by atomic mass is 35.5. The van der Waals surface area contributed by atoms with Crippen LogP contribution in [0.3, 0.4) is 0 Å². The number of carboxylic acids is 1. The molecule has 0 amide bonds. The number of rotatable bonds is 9. The molecule has 0 spiro atoms.